The van der Waals surface area contributed by atoms with Crippen molar-refractivity contribution in [1.29, 1.82) is 0 Å². The lowest BCUT2D eigenvalue weighted by atomic mass is 10.1. The van der Waals surface area contributed by atoms with Crippen molar-refractivity contribution in [2.45, 2.75) is 25.3 Å². The molecule has 2 aromatic rings. The third-order valence-corrected chi connectivity index (χ3v) is 4.48. The van der Waals surface area contributed by atoms with Crippen LogP contribution in [0.15, 0.2) is 30.5 Å². The third kappa shape index (κ3) is 2.36. The molecule has 1 aliphatic heterocycles. The Balaban J connectivity index is 1.40. The van der Waals surface area contributed by atoms with E-state index < -0.39 is 0 Å². The Bertz CT molecular complexity index is 732. The number of esters is 1. The fraction of sp³-hybridized carbons (Fsp3) is 0.412. The summed E-state index contributed by atoms with van der Waals surface area (Å²) < 4.78 is 5.45. The number of hydrogen-bond donors (Lipinski definition) is 1. The second kappa shape index (κ2) is 5.16. The Hall–Kier alpha value is -2.30. The van der Waals surface area contributed by atoms with Crippen molar-refractivity contribution in [2.24, 2.45) is 5.92 Å². The van der Waals surface area contributed by atoms with Gasteiger partial charge in [-0.25, -0.2) is 4.79 Å². The molecule has 1 unspecified atom stereocenters. The Morgan fingerprint density at radius 3 is 3.00 bits per heavy atom. The normalized spacial score (nSPS) is 21.5. The van der Waals surface area contributed by atoms with Gasteiger partial charge in [0.25, 0.3) is 0 Å². The van der Waals surface area contributed by atoms with Crippen LogP contribution in [0.2, 0.25) is 0 Å². The number of benzene rings is 1. The average Bonchev–Trinajstić information content (AvgIpc) is 3.12. The Kier molecular flexibility index (Phi) is 3.13. The van der Waals surface area contributed by atoms with Crippen LogP contribution in [0.1, 0.15) is 29.6 Å². The number of rotatable bonds is 4. The summed E-state index contributed by atoms with van der Waals surface area (Å²) in [5.74, 6) is 0.000263. The summed E-state index contributed by atoms with van der Waals surface area (Å²) >= 11 is 0. The molecule has 2 fully saturated rings. The maximum Gasteiger partial charge on any atom is 0.340 e. The van der Waals surface area contributed by atoms with Crippen LogP contribution in [0.4, 0.5) is 0 Å². The first-order valence-electron chi connectivity index (χ1n) is 7.75. The third-order valence-electron chi connectivity index (χ3n) is 4.48. The Labute approximate surface area is 128 Å². The molecule has 114 valence electrons. The highest BCUT2D eigenvalue weighted by atomic mass is 16.5. The van der Waals surface area contributed by atoms with Gasteiger partial charge < -0.3 is 14.6 Å². The van der Waals surface area contributed by atoms with Crippen molar-refractivity contribution in [1.82, 2.24) is 9.88 Å². The summed E-state index contributed by atoms with van der Waals surface area (Å²) in [6.45, 7) is 1.04. The molecule has 1 saturated carbocycles. The Morgan fingerprint density at radius 1 is 1.32 bits per heavy atom. The quantitative estimate of drug-likeness (QED) is 0.881. The van der Waals surface area contributed by atoms with Crippen LogP contribution in [0.3, 0.4) is 0 Å². The molecule has 2 heterocycles. The van der Waals surface area contributed by atoms with E-state index in [1.54, 1.807) is 6.07 Å². The van der Waals surface area contributed by atoms with Crippen LogP contribution in [0.25, 0.3) is 10.9 Å². The predicted octanol–water partition coefficient (Wildman–Crippen LogP) is 2.34. The molecule has 5 heteroatoms. The molecule has 5 nitrogen and oxygen atoms in total. The summed E-state index contributed by atoms with van der Waals surface area (Å²) in [5.41, 5.74) is 1.35. The molecule has 1 atom stereocenters. The van der Waals surface area contributed by atoms with Crippen LogP contribution < -0.4 is 0 Å². The molecular formula is C17H18N2O3. The lowest BCUT2D eigenvalue weighted by Gasteiger charge is -2.15. The monoisotopic (exact) mass is 298 g/mol. The van der Waals surface area contributed by atoms with E-state index >= 15 is 0 Å². The van der Waals surface area contributed by atoms with E-state index in [-0.39, 0.29) is 17.8 Å². The van der Waals surface area contributed by atoms with Gasteiger partial charge in [-0.3, -0.25) is 4.79 Å². The zero-order valence-electron chi connectivity index (χ0n) is 12.2. The summed E-state index contributed by atoms with van der Waals surface area (Å²) in [4.78, 5) is 29.2. The largest absolute Gasteiger partial charge is 0.462 e. The molecular weight excluding hydrogens is 280 g/mol. The Morgan fingerprint density at radius 2 is 2.18 bits per heavy atom. The number of amides is 1. The second-order valence-corrected chi connectivity index (χ2v) is 6.19. The van der Waals surface area contributed by atoms with Gasteiger partial charge in [0.1, 0.15) is 0 Å². The van der Waals surface area contributed by atoms with Gasteiger partial charge in [0.2, 0.25) is 5.91 Å². The molecule has 1 aromatic carbocycles. The molecule has 1 N–H and O–H groups in total. The number of ether oxygens (including phenoxy) is 1. The molecule has 1 saturated heterocycles. The number of carbonyl (C=O) groups is 2. The minimum atomic E-state index is -0.328. The average molecular weight is 298 g/mol. The molecule has 1 aromatic heterocycles. The molecule has 1 aliphatic carbocycles. The van der Waals surface area contributed by atoms with E-state index in [2.05, 4.69) is 4.98 Å². The van der Waals surface area contributed by atoms with Gasteiger partial charge in [0.15, 0.2) is 0 Å². The van der Waals surface area contributed by atoms with Gasteiger partial charge >= 0.3 is 5.97 Å². The first-order chi connectivity index (χ1) is 10.7. The summed E-state index contributed by atoms with van der Waals surface area (Å²) in [7, 11) is 0. The lowest BCUT2D eigenvalue weighted by molar-refractivity contribution is -0.128. The van der Waals surface area contributed by atoms with E-state index in [1.165, 1.54) is 0 Å². The zero-order valence-corrected chi connectivity index (χ0v) is 12.2. The molecule has 1 amide bonds. The molecule has 0 radical (unpaired) electrons. The van der Waals surface area contributed by atoms with Crippen molar-refractivity contribution in [3.05, 3.63) is 36.0 Å². The standard InChI is InChI=1S/C17H18N2O3/c20-15-8-11(9-19(15)13-4-5-13)10-22-17(21)14-3-1-2-12-6-7-18-16(12)14/h1-3,6-7,11,13,18H,4-5,8-10H2. The first kappa shape index (κ1) is 13.4. The fourth-order valence-electron chi connectivity index (χ4n) is 3.19. The van der Waals surface area contributed by atoms with Gasteiger partial charge in [-0.15, -0.1) is 0 Å². The summed E-state index contributed by atoms with van der Waals surface area (Å²) in [6.07, 6.45) is 4.54. The van der Waals surface area contributed by atoms with Crippen LogP contribution in [-0.2, 0) is 9.53 Å². The number of para-hydroxylation sites is 1. The summed E-state index contributed by atoms with van der Waals surface area (Å²) in [5, 5.41) is 0.991. The van der Waals surface area contributed by atoms with E-state index in [4.69, 9.17) is 4.74 Å². The SMILES string of the molecule is O=C(OCC1CC(=O)N(C2CC2)C1)c1cccc2cc[nH]c12. The second-order valence-electron chi connectivity index (χ2n) is 6.19. The highest BCUT2D eigenvalue weighted by Crippen LogP contribution is 2.32. The highest BCUT2D eigenvalue weighted by molar-refractivity contribution is 6.02. The van der Waals surface area contributed by atoms with Crippen LogP contribution in [0.5, 0.6) is 0 Å². The predicted molar refractivity (Wildman–Crippen MR) is 81.4 cm³/mol. The van der Waals surface area contributed by atoms with E-state index in [1.807, 2.05) is 29.3 Å². The lowest BCUT2D eigenvalue weighted by Crippen LogP contribution is -2.27. The maximum absolute atomic E-state index is 12.3. The molecule has 0 bridgehead atoms. The minimum Gasteiger partial charge on any atom is -0.462 e. The molecule has 0 spiro atoms. The number of hydrogen-bond acceptors (Lipinski definition) is 3. The topological polar surface area (TPSA) is 62.4 Å². The molecule has 2 aliphatic rings. The summed E-state index contributed by atoms with van der Waals surface area (Å²) in [6, 6.07) is 7.93. The minimum absolute atomic E-state index is 0.125. The number of fused-ring (bicyclic) bond motifs is 1. The van der Waals surface area contributed by atoms with Crippen molar-refractivity contribution in [3.8, 4) is 0 Å². The number of likely N-dealkylation sites (tertiary alicyclic amines) is 1. The fourth-order valence-corrected chi connectivity index (χ4v) is 3.19. The maximum atomic E-state index is 12.3. The first-order valence-corrected chi connectivity index (χ1v) is 7.75. The molecule has 22 heavy (non-hydrogen) atoms. The number of nitrogens with one attached hydrogen (secondary N) is 1. The number of carbonyl (C=O) groups excluding carboxylic acids is 2. The van der Waals surface area contributed by atoms with E-state index in [0.29, 0.717) is 24.6 Å². The van der Waals surface area contributed by atoms with Crippen LogP contribution in [0, 0.1) is 5.92 Å². The van der Waals surface area contributed by atoms with Gasteiger partial charge in [-0.1, -0.05) is 12.1 Å². The number of aromatic amines is 1. The van der Waals surface area contributed by atoms with Crippen molar-refractivity contribution in [2.75, 3.05) is 13.2 Å². The van der Waals surface area contributed by atoms with Crippen LogP contribution >= 0.6 is 0 Å². The van der Waals surface area contributed by atoms with Gasteiger partial charge in [-0.05, 0) is 25.0 Å². The van der Waals surface area contributed by atoms with Crippen molar-refractivity contribution in [3.63, 3.8) is 0 Å². The zero-order chi connectivity index (χ0) is 15.1. The van der Waals surface area contributed by atoms with Gasteiger partial charge in [0.05, 0.1) is 17.7 Å². The van der Waals surface area contributed by atoms with Crippen LogP contribution in [-0.4, -0.2) is 41.0 Å². The van der Waals surface area contributed by atoms with Gasteiger partial charge in [0, 0.05) is 36.5 Å². The highest BCUT2D eigenvalue weighted by Gasteiger charge is 2.39. The number of nitrogens with zero attached hydrogens (tertiary/aromatic N) is 1. The van der Waals surface area contributed by atoms with Crippen molar-refractivity contribution < 1.29 is 14.3 Å². The van der Waals surface area contributed by atoms with Crippen molar-refractivity contribution >= 4 is 22.8 Å². The number of aromatic nitrogens is 1. The van der Waals surface area contributed by atoms with E-state index in [9.17, 15) is 9.59 Å². The van der Waals surface area contributed by atoms with E-state index in [0.717, 1.165) is 30.3 Å². The van der Waals surface area contributed by atoms with Gasteiger partial charge in [-0.2, -0.15) is 0 Å². The smallest absolute Gasteiger partial charge is 0.340 e. The number of H-pyrrole nitrogens is 1. The molecule has 4 rings (SSSR count).